The van der Waals surface area contributed by atoms with E-state index in [1.165, 1.54) is 25.6 Å². The van der Waals surface area contributed by atoms with Crippen LogP contribution in [0.25, 0.3) is 0 Å². The van der Waals surface area contributed by atoms with Crippen molar-refractivity contribution in [2.75, 3.05) is 7.11 Å². The quantitative estimate of drug-likeness (QED) is 0.754. The third-order valence-electron chi connectivity index (χ3n) is 2.28. The van der Waals surface area contributed by atoms with Crippen molar-refractivity contribution in [2.45, 2.75) is 24.8 Å². The fourth-order valence-electron chi connectivity index (χ4n) is 1.29. The molecule has 7 heteroatoms. The zero-order chi connectivity index (χ0) is 13.1. The van der Waals surface area contributed by atoms with Gasteiger partial charge in [0.2, 0.25) is 10.0 Å². The van der Waals surface area contributed by atoms with Crippen molar-refractivity contribution in [3.05, 3.63) is 18.5 Å². The molecule has 0 aliphatic rings. The average Bonchev–Trinajstić information content (AvgIpc) is 2.78. The van der Waals surface area contributed by atoms with Gasteiger partial charge in [0, 0.05) is 12.4 Å². The maximum atomic E-state index is 11.9. The topological polar surface area (TPSA) is 88.3 Å². The Balaban J connectivity index is 2.92. The molecule has 0 spiro atoms. The van der Waals surface area contributed by atoms with Gasteiger partial charge >= 0.3 is 5.97 Å². The minimum atomic E-state index is -3.70. The Labute approximate surface area is 100 Å². The molecule has 1 unspecified atom stereocenters. The first kappa shape index (κ1) is 13.7. The van der Waals surface area contributed by atoms with Crippen molar-refractivity contribution in [1.82, 2.24) is 9.71 Å². The van der Waals surface area contributed by atoms with Gasteiger partial charge in [0.25, 0.3) is 0 Å². The monoisotopic (exact) mass is 260 g/mol. The van der Waals surface area contributed by atoms with Gasteiger partial charge in [-0.2, -0.15) is 4.72 Å². The highest BCUT2D eigenvalue weighted by Gasteiger charge is 2.29. The number of rotatable bonds is 5. The lowest BCUT2D eigenvalue weighted by Crippen LogP contribution is -2.44. The van der Waals surface area contributed by atoms with E-state index in [1.807, 2.05) is 0 Å². The Morgan fingerprint density at radius 1 is 1.47 bits per heavy atom. The number of aromatic nitrogens is 1. The van der Waals surface area contributed by atoms with Crippen LogP contribution < -0.4 is 4.72 Å². The standard InChI is InChI=1S/C10H16N2O4S/c1-7(2)9(10(13)16-3)12-17(14,15)8-4-5-11-6-8/h4-7,9,11-12H,1-3H3. The summed E-state index contributed by atoms with van der Waals surface area (Å²) in [7, 11) is -2.47. The van der Waals surface area contributed by atoms with E-state index < -0.39 is 22.0 Å². The first-order valence-corrected chi connectivity index (χ1v) is 6.59. The van der Waals surface area contributed by atoms with E-state index in [2.05, 4.69) is 14.4 Å². The number of carbonyl (C=O) groups is 1. The molecule has 0 aliphatic carbocycles. The highest BCUT2D eigenvalue weighted by Crippen LogP contribution is 2.11. The van der Waals surface area contributed by atoms with Gasteiger partial charge in [0.15, 0.2) is 0 Å². The molecule has 0 radical (unpaired) electrons. The van der Waals surface area contributed by atoms with Crippen LogP contribution in [-0.4, -0.2) is 32.5 Å². The number of esters is 1. The van der Waals surface area contributed by atoms with Gasteiger partial charge in [0.1, 0.15) is 6.04 Å². The SMILES string of the molecule is COC(=O)C(NS(=O)(=O)c1cc[nH]c1)C(C)C. The lowest BCUT2D eigenvalue weighted by atomic mass is 10.1. The molecular weight excluding hydrogens is 244 g/mol. The molecule has 17 heavy (non-hydrogen) atoms. The maximum Gasteiger partial charge on any atom is 0.324 e. The number of hydrogen-bond acceptors (Lipinski definition) is 4. The molecule has 1 aromatic heterocycles. The van der Waals surface area contributed by atoms with Gasteiger partial charge in [-0.1, -0.05) is 13.8 Å². The third kappa shape index (κ3) is 3.31. The maximum absolute atomic E-state index is 11.9. The molecule has 0 aromatic carbocycles. The first-order valence-electron chi connectivity index (χ1n) is 5.11. The fourth-order valence-corrected chi connectivity index (χ4v) is 2.60. The molecule has 0 amide bonds. The van der Waals surface area contributed by atoms with Crippen LogP contribution in [0.1, 0.15) is 13.8 Å². The van der Waals surface area contributed by atoms with Gasteiger partial charge < -0.3 is 9.72 Å². The van der Waals surface area contributed by atoms with Crippen LogP contribution in [0.5, 0.6) is 0 Å². The van der Waals surface area contributed by atoms with Gasteiger partial charge in [-0.3, -0.25) is 4.79 Å². The molecule has 1 atom stereocenters. The van der Waals surface area contributed by atoms with Gasteiger partial charge in [-0.05, 0) is 12.0 Å². The van der Waals surface area contributed by atoms with E-state index in [-0.39, 0.29) is 10.8 Å². The van der Waals surface area contributed by atoms with Crippen molar-refractivity contribution in [3.8, 4) is 0 Å². The number of nitrogens with one attached hydrogen (secondary N) is 2. The number of hydrogen-bond donors (Lipinski definition) is 2. The number of carbonyl (C=O) groups excluding carboxylic acids is 1. The second-order valence-electron chi connectivity index (χ2n) is 3.91. The Hall–Kier alpha value is -1.34. The Kier molecular flexibility index (Phi) is 4.30. The Bertz CT molecular complexity index is 465. The molecule has 1 rings (SSSR count). The fraction of sp³-hybridized carbons (Fsp3) is 0.500. The molecule has 1 aromatic rings. The van der Waals surface area contributed by atoms with Crippen LogP contribution in [-0.2, 0) is 19.6 Å². The van der Waals surface area contributed by atoms with Crippen LogP contribution >= 0.6 is 0 Å². The molecule has 0 saturated heterocycles. The first-order chi connectivity index (χ1) is 7.88. The zero-order valence-electron chi connectivity index (χ0n) is 9.93. The summed E-state index contributed by atoms with van der Waals surface area (Å²) in [6.07, 6.45) is 2.84. The normalized spacial score (nSPS) is 13.6. The van der Waals surface area contributed by atoms with E-state index in [4.69, 9.17) is 0 Å². The van der Waals surface area contributed by atoms with Crippen molar-refractivity contribution in [2.24, 2.45) is 5.92 Å². The lowest BCUT2D eigenvalue weighted by molar-refractivity contribution is -0.143. The van der Waals surface area contributed by atoms with Crippen molar-refractivity contribution in [1.29, 1.82) is 0 Å². The molecular formula is C10H16N2O4S. The number of ether oxygens (including phenoxy) is 1. The van der Waals surface area contributed by atoms with E-state index in [0.717, 1.165) is 0 Å². The second kappa shape index (κ2) is 5.33. The molecule has 0 aliphatic heterocycles. The Morgan fingerprint density at radius 3 is 2.53 bits per heavy atom. The molecule has 0 saturated carbocycles. The predicted octanol–water partition coefficient (Wildman–Crippen LogP) is 0.491. The van der Waals surface area contributed by atoms with Crippen LogP contribution in [0.15, 0.2) is 23.4 Å². The van der Waals surface area contributed by atoms with Crippen molar-refractivity contribution in [3.63, 3.8) is 0 Å². The Morgan fingerprint density at radius 2 is 2.12 bits per heavy atom. The molecule has 6 nitrogen and oxygen atoms in total. The highest BCUT2D eigenvalue weighted by atomic mass is 32.2. The van der Waals surface area contributed by atoms with Crippen LogP contribution in [0.4, 0.5) is 0 Å². The largest absolute Gasteiger partial charge is 0.468 e. The summed E-state index contributed by atoms with van der Waals surface area (Å²) < 4.78 is 30.7. The zero-order valence-corrected chi connectivity index (χ0v) is 10.7. The predicted molar refractivity (Wildman–Crippen MR) is 61.8 cm³/mol. The van der Waals surface area contributed by atoms with Crippen molar-refractivity contribution < 1.29 is 17.9 Å². The number of H-pyrrole nitrogens is 1. The molecule has 96 valence electrons. The van der Waals surface area contributed by atoms with E-state index in [0.29, 0.717) is 0 Å². The average molecular weight is 260 g/mol. The minimum Gasteiger partial charge on any atom is -0.468 e. The molecule has 0 fully saturated rings. The van der Waals surface area contributed by atoms with E-state index >= 15 is 0 Å². The summed E-state index contributed by atoms with van der Waals surface area (Å²) in [5.74, 6) is -0.796. The van der Waals surface area contributed by atoms with Crippen molar-refractivity contribution >= 4 is 16.0 Å². The van der Waals surface area contributed by atoms with Crippen LogP contribution in [0.3, 0.4) is 0 Å². The summed E-state index contributed by atoms with van der Waals surface area (Å²) in [6.45, 7) is 3.47. The second-order valence-corrected chi connectivity index (χ2v) is 5.63. The van der Waals surface area contributed by atoms with Crippen LogP contribution in [0.2, 0.25) is 0 Å². The summed E-state index contributed by atoms with van der Waals surface area (Å²) >= 11 is 0. The van der Waals surface area contributed by atoms with Gasteiger partial charge in [0.05, 0.1) is 12.0 Å². The van der Waals surface area contributed by atoms with Crippen LogP contribution in [0, 0.1) is 5.92 Å². The highest BCUT2D eigenvalue weighted by molar-refractivity contribution is 7.89. The number of aromatic amines is 1. The third-order valence-corrected chi connectivity index (χ3v) is 3.72. The summed E-state index contributed by atoms with van der Waals surface area (Å²) in [5.41, 5.74) is 0. The number of methoxy groups -OCH3 is 1. The van der Waals surface area contributed by atoms with Gasteiger partial charge in [-0.15, -0.1) is 0 Å². The molecule has 0 bridgehead atoms. The minimum absolute atomic E-state index is 0.0899. The lowest BCUT2D eigenvalue weighted by Gasteiger charge is -2.19. The summed E-state index contributed by atoms with van der Waals surface area (Å²) in [6, 6.07) is 0.525. The summed E-state index contributed by atoms with van der Waals surface area (Å²) in [5, 5.41) is 0. The van der Waals surface area contributed by atoms with E-state index in [1.54, 1.807) is 13.8 Å². The number of sulfonamides is 1. The van der Waals surface area contributed by atoms with Gasteiger partial charge in [-0.25, -0.2) is 8.42 Å². The smallest absolute Gasteiger partial charge is 0.324 e. The molecule has 1 heterocycles. The molecule has 2 N–H and O–H groups in total. The van der Waals surface area contributed by atoms with E-state index in [9.17, 15) is 13.2 Å². The summed E-state index contributed by atoms with van der Waals surface area (Å²) in [4.78, 5) is 14.2.